The van der Waals surface area contributed by atoms with E-state index < -0.39 is 71.8 Å². The van der Waals surface area contributed by atoms with Crippen molar-refractivity contribution in [2.45, 2.75) is 193 Å². The Morgan fingerprint density at radius 1 is 0.882 bits per heavy atom. The number of aliphatic hydroxyl groups is 3. The number of aliphatic hydroxyl groups excluding tert-OH is 2. The molecule has 0 aromatic rings. The van der Waals surface area contributed by atoms with Gasteiger partial charge in [-0.1, -0.05) is 58.9 Å². The van der Waals surface area contributed by atoms with Gasteiger partial charge in [-0.3, -0.25) is 19.2 Å². The minimum absolute atomic E-state index is 0.0886. The van der Waals surface area contributed by atoms with Crippen molar-refractivity contribution in [1.29, 1.82) is 0 Å². The number of cyclic esters (lactones) is 1. The van der Waals surface area contributed by atoms with Crippen molar-refractivity contribution in [1.82, 2.24) is 4.90 Å². The summed E-state index contributed by atoms with van der Waals surface area (Å²) in [5.41, 5.74) is 1.23. The number of methoxy groups -OCH3 is 3. The van der Waals surface area contributed by atoms with E-state index in [1.165, 1.54) is 12.0 Å². The number of carbonyl (C=O) groups is 5. The number of ether oxygens (including phenoxy) is 6. The van der Waals surface area contributed by atoms with Crippen LogP contribution < -0.4 is 0 Å². The van der Waals surface area contributed by atoms with Crippen LogP contribution in [0.1, 0.15) is 138 Å². The summed E-state index contributed by atoms with van der Waals surface area (Å²) >= 11 is 0. The summed E-state index contributed by atoms with van der Waals surface area (Å²) in [5, 5.41) is 32.8. The maximum atomic E-state index is 14.5. The number of Topliss-reactive ketones (excluding diaryl/α,β-unsaturated/α-hetero) is 3. The number of esters is 1. The molecule has 15 nitrogen and oxygen atoms in total. The molecule has 1 amide bonds. The monoisotopic (exact) mass is 960 g/mol. The van der Waals surface area contributed by atoms with E-state index in [0.29, 0.717) is 63.4 Å². The van der Waals surface area contributed by atoms with Crippen LogP contribution in [0.5, 0.6) is 0 Å². The van der Waals surface area contributed by atoms with Crippen molar-refractivity contribution in [3.63, 3.8) is 0 Å². The molecule has 4 rings (SSSR count). The molecule has 3 heterocycles. The van der Waals surface area contributed by atoms with Gasteiger partial charge >= 0.3 is 5.97 Å². The van der Waals surface area contributed by atoms with Crippen LogP contribution in [0.2, 0.25) is 0 Å². The average molecular weight is 960 g/mol. The van der Waals surface area contributed by atoms with Crippen molar-refractivity contribution in [2.75, 3.05) is 41.1 Å². The maximum Gasteiger partial charge on any atom is 0.329 e. The van der Waals surface area contributed by atoms with Gasteiger partial charge in [-0.05, 0) is 120 Å². The molecule has 3 N–H and O–H groups in total. The lowest BCUT2D eigenvalue weighted by molar-refractivity contribution is -0.265. The zero-order chi connectivity index (χ0) is 50.3. The van der Waals surface area contributed by atoms with Gasteiger partial charge in [0, 0.05) is 58.5 Å². The molecule has 0 aromatic heterocycles. The van der Waals surface area contributed by atoms with Crippen molar-refractivity contribution < 1.29 is 67.7 Å². The summed E-state index contributed by atoms with van der Waals surface area (Å²) in [6.45, 7) is 13.1. The second kappa shape index (κ2) is 27.5. The number of ketones is 3. The summed E-state index contributed by atoms with van der Waals surface area (Å²) in [5.74, 6) is -7.61. The molecular formula is C53H85NO14. The Kier molecular flexibility index (Phi) is 23.2. The van der Waals surface area contributed by atoms with Crippen LogP contribution in [-0.4, -0.2) is 145 Å². The second-order valence-corrected chi connectivity index (χ2v) is 20.5. The molecule has 15 heteroatoms. The number of carbonyl (C=O) groups excluding carboxylic acids is 5. The Hall–Kier alpha value is -3.15. The zero-order valence-electron chi connectivity index (χ0n) is 42.7. The Morgan fingerprint density at radius 3 is 2.29 bits per heavy atom. The third-order valence-electron chi connectivity index (χ3n) is 15.2. The topological polar surface area (TPSA) is 205 Å². The van der Waals surface area contributed by atoms with E-state index in [1.54, 1.807) is 41.1 Å². The Labute approximate surface area is 405 Å². The summed E-state index contributed by atoms with van der Waals surface area (Å²) in [4.78, 5) is 72.2. The van der Waals surface area contributed by atoms with Gasteiger partial charge in [0.05, 0.1) is 43.7 Å². The number of piperidine rings is 1. The molecule has 3 fully saturated rings. The van der Waals surface area contributed by atoms with Gasteiger partial charge in [0.25, 0.3) is 11.7 Å². The normalized spacial score (nSPS) is 36.9. The molecule has 1 saturated carbocycles. The molecule has 2 saturated heterocycles. The van der Waals surface area contributed by atoms with Crippen molar-refractivity contribution in [2.24, 2.45) is 35.5 Å². The van der Waals surface area contributed by atoms with Crippen LogP contribution in [0.4, 0.5) is 0 Å². The van der Waals surface area contributed by atoms with Gasteiger partial charge < -0.3 is 48.6 Å². The molecule has 4 aliphatic rings. The van der Waals surface area contributed by atoms with E-state index in [9.17, 15) is 39.3 Å². The average Bonchev–Trinajstić information content (AvgIpc) is 3.32. The fraction of sp³-hybridized carbons (Fsp3) is 0.792. The molecule has 386 valence electrons. The summed E-state index contributed by atoms with van der Waals surface area (Å²) in [6.07, 6.45) is 10.3. The summed E-state index contributed by atoms with van der Waals surface area (Å²) in [6, 6.07) is -1.14. The highest BCUT2D eigenvalue weighted by Gasteiger charge is 2.53. The molecule has 3 aliphatic heterocycles. The van der Waals surface area contributed by atoms with Gasteiger partial charge in [-0.2, -0.15) is 0 Å². The highest BCUT2D eigenvalue weighted by Crippen LogP contribution is 2.38. The van der Waals surface area contributed by atoms with Gasteiger partial charge in [-0.25, -0.2) is 4.79 Å². The maximum absolute atomic E-state index is 14.5. The van der Waals surface area contributed by atoms with Crippen LogP contribution >= 0.6 is 0 Å². The van der Waals surface area contributed by atoms with E-state index >= 15 is 0 Å². The first-order chi connectivity index (χ1) is 32.3. The fourth-order valence-electron chi connectivity index (χ4n) is 10.8. The van der Waals surface area contributed by atoms with E-state index in [-0.39, 0.29) is 80.0 Å². The molecule has 0 spiro atoms. The highest BCUT2D eigenvalue weighted by atomic mass is 16.6. The SMILES string of the molecule is CO[C@H]1C[C@@H]2CC[C@@H](C)[C@@](O)(O2)C(=O)C(=O)N2CCCC[C@H]2C(=O)O[C@H]([C@H](C)C[C@@H]2CC[C@@H](OCCO)[C@H](OC)C2)CC(=O)C(C)=CC(C)[C@@H](O)[C@@H](OC)C(=O)[C@H](C)C[C@H](C)CCC=CC=C1C. The first-order valence-electron chi connectivity index (χ1n) is 25.3. The van der Waals surface area contributed by atoms with Crippen molar-refractivity contribution in [3.8, 4) is 0 Å². The number of amides is 1. The zero-order valence-corrected chi connectivity index (χ0v) is 42.7. The smallest absolute Gasteiger partial charge is 0.329 e. The minimum Gasteiger partial charge on any atom is -0.460 e. The number of nitrogens with zero attached hydrogens (tertiary/aromatic N) is 1. The van der Waals surface area contributed by atoms with E-state index in [4.69, 9.17) is 28.4 Å². The molecule has 1 unspecified atom stereocenters. The standard InChI is InChI=1S/C53H85NO14/c1-32-16-12-11-13-17-33(2)44(63-8)30-40-21-19-38(7)53(62,68-40)50(59)51(60)54-23-15-14-18-41(54)52(61)67-45(35(4)28-39-20-22-43(66-25-24-55)46(29-39)64-9)31-42(56)34(3)27-37(6)48(58)49(65-10)47(57)36(5)26-32/h11,13,17,27,32,35-41,43-46,48-49,55,58,62H,12,14-16,18-26,28-31H2,1-10H3/t32-,35-,36-,37?,38-,39+,40+,41+,43-,44+,45+,46-,48-,49+,53-/m1/s1. The Balaban J connectivity index is 1.68. The second-order valence-electron chi connectivity index (χ2n) is 20.5. The molecule has 68 heavy (non-hydrogen) atoms. The first kappa shape index (κ1) is 57.4. The lowest BCUT2D eigenvalue weighted by Crippen LogP contribution is -2.61. The number of hydrogen-bond acceptors (Lipinski definition) is 14. The molecule has 0 radical (unpaired) electrons. The van der Waals surface area contributed by atoms with Crippen molar-refractivity contribution >= 4 is 29.2 Å². The Bertz CT molecular complexity index is 1760. The number of rotatable bonds is 9. The first-order valence-corrected chi connectivity index (χ1v) is 25.3. The van der Waals surface area contributed by atoms with Crippen LogP contribution in [0, 0.1) is 35.5 Å². The van der Waals surface area contributed by atoms with Crippen molar-refractivity contribution in [3.05, 3.63) is 35.5 Å². The largest absolute Gasteiger partial charge is 0.460 e. The van der Waals surface area contributed by atoms with Crippen LogP contribution in [0.3, 0.4) is 0 Å². The molecule has 2 bridgehead atoms. The quantitative estimate of drug-likeness (QED) is 0.169. The van der Waals surface area contributed by atoms with Gasteiger partial charge in [0.1, 0.15) is 18.2 Å². The third kappa shape index (κ3) is 15.4. The van der Waals surface area contributed by atoms with Crippen LogP contribution in [-0.2, 0) is 52.4 Å². The highest BCUT2D eigenvalue weighted by molar-refractivity contribution is 6.39. The number of hydrogen-bond donors (Lipinski definition) is 3. The van der Waals surface area contributed by atoms with Crippen LogP contribution in [0.25, 0.3) is 0 Å². The summed E-state index contributed by atoms with van der Waals surface area (Å²) in [7, 11) is 4.62. The molecule has 0 aromatic carbocycles. The lowest BCUT2D eigenvalue weighted by atomic mass is 9.78. The number of fused-ring (bicyclic) bond motifs is 3. The summed E-state index contributed by atoms with van der Waals surface area (Å²) < 4.78 is 35.6. The molecular weight excluding hydrogens is 875 g/mol. The van der Waals surface area contributed by atoms with E-state index in [1.807, 2.05) is 32.9 Å². The van der Waals surface area contributed by atoms with Crippen LogP contribution in [0.15, 0.2) is 35.5 Å². The predicted molar refractivity (Wildman–Crippen MR) is 256 cm³/mol. The molecule has 1 aliphatic carbocycles. The lowest BCUT2D eigenvalue weighted by Gasteiger charge is -2.42. The van der Waals surface area contributed by atoms with Gasteiger partial charge in [0.2, 0.25) is 5.79 Å². The van der Waals surface area contributed by atoms with Gasteiger partial charge in [0.15, 0.2) is 11.6 Å². The van der Waals surface area contributed by atoms with E-state index in [0.717, 1.165) is 24.8 Å². The Morgan fingerprint density at radius 2 is 1.62 bits per heavy atom. The fourth-order valence-corrected chi connectivity index (χ4v) is 10.8. The van der Waals surface area contributed by atoms with E-state index in [2.05, 4.69) is 13.0 Å². The third-order valence-corrected chi connectivity index (χ3v) is 15.2. The minimum atomic E-state index is -2.43. The predicted octanol–water partition coefficient (Wildman–Crippen LogP) is 6.42. The number of allylic oxidation sites excluding steroid dienone is 4. The molecule has 15 atom stereocenters. The van der Waals surface area contributed by atoms with Gasteiger partial charge in [-0.15, -0.1) is 0 Å².